The van der Waals surface area contributed by atoms with Gasteiger partial charge in [-0.15, -0.1) is 0 Å². The Morgan fingerprint density at radius 1 is 1.50 bits per heavy atom. The maximum Gasteiger partial charge on any atom is 0.285 e. The highest BCUT2D eigenvalue weighted by Gasteiger charge is 2.35. The van der Waals surface area contributed by atoms with Gasteiger partial charge in [-0.1, -0.05) is 13.8 Å². The van der Waals surface area contributed by atoms with Crippen molar-refractivity contribution in [3.05, 3.63) is 38.8 Å². The van der Waals surface area contributed by atoms with Crippen LogP contribution in [0.5, 0.6) is 0 Å². The summed E-state index contributed by atoms with van der Waals surface area (Å²) in [5.74, 6) is -0.234. The van der Waals surface area contributed by atoms with E-state index in [1.54, 1.807) is 4.90 Å². The molecular weight excluding hydrogens is 288 g/mol. The number of nitro groups is 1. The molecule has 1 saturated heterocycles. The number of carbonyl (C=O) groups excluding carboxylic acids is 1. The molecule has 0 radical (unpaired) electrons. The number of amides is 1. The van der Waals surface area contributed by atoms with Gasteiger partial charge < -0.3 is 10.6 Å². The molecule has 1 aliphatic heterocycles. The molecule has 120 valence electrons. The molecule has 0 aromatic carbocycles. The van der Waals surface area contributed by atoms with E-state index >= 15 is 0 Å². The van der Waals surface area contributed by atoms with Gasteiger partial charge in [-0.25, -0.2) is 0 Å². The Labute approximate surface area is 127 Å². The van der Waals surface area contributed by atoms with Crippen molar-refractivity contribution in [2.45, 2.75) is 32.9 Å². The Morgan fingerprint density at radius 3 is 2.77 bits per heavy atom. The number of carbonyl (C=O) groups is 1. The van der Waals surface area contributed by atoms with Crippen molar-refractivity contribution in [1.82, 2.24) is 9.47 Å². The van der Waals surface area contributed by atoms with E-state index in [-0.39, 0.29) is 29.6 Å². The number of likely N-dealkylation sites (tertiary alicyclic amines) is 1. The zero-order chi connectivity index (χ0) is 16.5. The number of aromatic nitrogens is 1. The van der Waals surface area contributed by atoms with E-state index in [0.717, 1.165) is 22.9 Å². The van der Waals surface area contributed by atoms with E-state index in [0.29, 0.717) is 19.5 Å². The summed E-state index contributed by atoms with van der Waals surface area (Å²) >= 11 is 0. The molecule has 1 aromatic rings. The first-order valence-electron chi connectivity index (χ1n) is 7.09. The predicted octanol–water partition coefficient (Wildman–Crippen LogP) is 0.342. The van der Waals surface area contributed by atoms with Crippen LogP contribution in [0.4, 0.5) is 5.69 Å². The number of nitrogens with two attached hydrogens (primary N) is 1. The molecule has 0 saturated carbocycles. The smallest absolute Gasteiger partial charge is 0.285 e. The number of piperidine rings is 1. The maximum absolute atomic E-state index is 12.4. The zero-order valence-corrected chi connectivity index (χ0v) is 12.7. The normalized spacial score (nSPS) is 20.7. The largest absolute Gasteiger partial charge is 0.340 e. The van der Waals surface area contributed by atoms with Crippen molar-refractivity contribution in [3.8, 4) is 0 Å². The van der Waals surface area contributed by atoms with Crippen LogP contribution in [0, 0.1) is 15.5 Å². The lowest BCUT2D eigenvalue weighted by atomic mass is 9.79. The highest BCUT2D eigenvalue weighted by molar-refractivity contribution is 5.76. The molecule has 2 heterocycles. The summed E-state index contributed by atoms with van der Waals surface area (Å²) in [4.78, 5) is 35.9. The van der Waals surface area contributed by atoms with Crippen molar-refractivity contribution in [3.63, 3.8) is 0 Å². The van der Waals surface area contributed by atoms with Crippen LogP contribution in [-0.4, -0.2) is 39.4 Å². The van der Waals surface area contributed by atoms with Crippen LogP contribution in [0.2, 0.25) is 0 Å². The van der Waals surface area contributed by atoms with Crippen molar-refractivity contribution in [2.24, 2.45) is 11.1 Å². The van der Waals surface area contributed by atoms with Gasteiger partial charge in [-0.3, -0.25) is 24.3 Å². The van der Waals surface area contributed by atoms with E-state index in [4.69, 9.17) is 5.73 Å². The Kier molecular flexibility index (Phi) is 4.32. The van der Waals surface area contributed by atoms with E-state index in [1.807, 2.05) is 13.8 Å². The third-order valence-corrected chi connectivity index (χ3v) is 4.15. The van der Waals surface area contributed by atoms with Gasteiger partial charge in [-0.05, 0) is 11.8 Å². The molecule has 8 heteroatoms. The number of pyridine rings is 1. The second kappa shape index (κ2) is 5.88. The van der Waals surface area contributed by atoms with Gasteiger partial charge in [0.15, 0.2) is 0 Å². The minimum atomic E-state index is -0.594. The molecule has 0 spiro atoms. The fourth-order valence-electron chi connectivity index (χ4n) is 2.58. The molecule has 8 nitrogen and oxygen atoms in total. The van der Waals surface area contributed by atoms with Crippen LogP contribution in [0.3, 0.4) is 0 Å². The molecule has 1 amide bonds. The summed E-state index contributed by atoms with van der Waals surface area (Å²) in [7, 11) is 0. The van der Waals surface area contributed by atoms with E-state index in [9.17, 15) is 19.7 Å². The standard InChI is InChI=1S/C14H20N4O4/c1-14(2)9-16(6-5-11(14)15)13(20)8-17-7-10(18(21)22)3-4-12(17)19/h3-4,7,11H,5-6,8-9,15H2,1-2H3. The first-order chi connectivity index (χ1) is 10.2. The lowest BCUT2D eigenvalue weighted by molar-refractivity contribution is -0.385. The van der Waals surface area contributed by atoms with Gasteiger partial charge in [0.1, 0.15) is 6.54 Å². The van der Waals surface area contributed by atoms with E-state index in [2.05, 4.69) is 0 Å². The third-order valence-electron chi connectivity index (χ3n) is 4.15. The van der Waals surface area contributed by atoms with Crippen molar-refractivity contribution in [2.75, 3.05) is 13.1 Å². The molecule has 0 bridgehead atoms. The highest BCUT2D eigenvalue weighted by atomic mass is 16.6. The molecule has 1 aliphatic rings. The van der Waals surface area contributed by atoms with Crippen LogP contribution >= 0.6 is 0 Å². The van der Waals surface area contributed by atoms with Gasteiger partial charge in [0.05, 0.1) is 11.1 Å². The van der Waals surface area contributed by atoms with E-state index in [1.165, 1.54) is 0 Å². The molecule has 1 unspecified atom stereocenters. The number of hydrogen-bond acceptors (Lipinski definition) is 5. The number of hydrogen-bond donors (Lipinski definition) is 1. The first-order valence-corrected chi connectivity index (χ1v) is 7.09. The van der Waals surface area contributed by atoms with Crippen molar-refractivity contribution in [1.29, 1.82) is 0 Å². The van der Waals surface area contributed by atoms with Crippen molar-refractivity contribution >= 4 is 11.6 Å². The zero-order valence-electron chi connectivity index (χ0n) is 12.7. The molecule has 0 aliphatic carbocycles. The molecule has 2 N–H and O–H groups in total. The van der Waals surface area contributed by atoms with Gasteiger partial charge in [-0.2, -0.15) is 0 Å². The summed E-state index contributed by atoms with van der Waals surface area (Å²) in [5, 5.41) is 10.8. The van der Waals surface area contributed by atoms with Gasteiger partial charge in [0.2, 0.25) is 5.91 Å². The lowest BCUT2D eigenvalue weighted by Gasteiger charge is -2.42. The quantitative estimate of drug-likeness (QED) is 0.639. The summed E-state index contributed by atoms with van der Waals surface area (Å²) in [6.45, 7) is 4.84. The van der Waals surface area contributed by atoms with Crippen LogP contribution in [0.1, 0.15) is 20.3 Å². The molecule has 1 fully saturated rings. The maximum atomic E-state index is 12.4. The summed E-state index contributed by atoms with van der Waals surface area (Å²) < 4.78 is 1.07. The average Bonchev–Trinajstić information content (AvgIpc) is 2.43. The average molecular weight is 308 g/mol. The Morgan fingerprint density at radius 2 is 2.18 bits per heavy atom. The molecular formula is C14H20N4O4. The Bertz CT molecular complexity index is 652. The second-order valence-electron chi connectivity index (χ2n) is 6.31. The minimum Gasteiger partial charge on any atom is -0.340 e. The molecule has 1 aromatic heterocycles. The minimum absolute atomic E-state index is 0.0251. The summed E-state index contributed by atoms with van der Waals surface area (Å²) in [6.07, 6.45) is 1.80. The Hall–Kier alpha value is -2.22. The lowest BCUT2D eigenvalue weighted by Crippen LogP contribution is -2.54. The van der Waals surface area contributed by atoms with Gasteiger partial charge in [0, 0.05) is 31.3 Å². The fourth-order valence-corrected chi connectivity index (χ4v) is 2.58. The molecule has 2 rings (SSSR count). The highest BCUT2D eigenvalue weighted by Crippen LogP contribution is 2.27. The van der Waals surface area contributed by atoms with Crippen LogP contribution < -0.4 is 11.3 Å². The Balaban J connectivity index is 2.14. The SMILES string of the molecule is CC1(C)CN(C(=O)Cn2cc([N+](=O)[O-])ccc2=O)CCC1N. The summed E-state index contributed by atoms with van der Waals surface area (Å²) in [6, 6.07) is 2.26. The first kappa shape index (κ1) is 16.2. The number of nitrogens with zero attached hydrogens (tertiary/aromatic N) is 3. The van der Waals surface area contributed by atoms with Gasteiger partial charge in [0.25, 0.3) is 11.2 Å². The molecule has 22 heavy (non-hydrogen) atoms. The van der Waals surface area contributed by atoms with Crippen LogP contribution in [0.15, 0.2) is 23.1 Å². The van der Waals surface area contributed by atoms with Crippen molar-refractivity contribution < 1.29 is 9.72 Å². The van der Waals surface area contributed by atoms with E-state index < -0.39 is 10.5 Å². The van der Waals surface area contributed by atoms with Crippen LogP contribution in [0.25, 0.3) is 0 Å². The monoisotopic (exact) mass is 308 g/mol. The summed E-state index contributed by atoms with van der Waals surface area (Å²) in [5.41, 5.74) is 5.19. The van der Waals surface area contributed by atoms with Crippen LogP contribution in [-0.2, 0) is 11.3 Å². The third kappa shape index (κ3) is 3.33. The topological polar surface area (TPSA) is 111 Å². The predicted molar refractivity (Wildman–Crippen MR) is 80.3 cm³/mol. The van der Waals surface area contributed by atoms with Gasteiger partial charge >= 0.3 is 0 Å². The fraction of sp³-hybridized carbons (Fsp3) is 0.571. The second-order valence-corrected chi connectivity index (χ2v) is 6.31. The molecule has 1 atom stereocenters. The number of rotatable bonds is 3.